The summed E-state index contributed by atoms with van der Waals surface area (Å²) in [4.78, 5) is 5.03. The lowest BCUT2D eigenvalue weighted by Gasteiger charge is -2.47. The van der Waals surface area contributed by atoms with E-state index >= 15 is 0 Å². The maximum Gasteiger partial charge on any atom is 0.227 e. The maximum absolute atomic E-state index is 7.11. The van der Waals surface area contributed by atoms with Crippen molar-refractivity contribution in [2.75, 3.05) is 6.61 Å². The van der Waals surface area contributed by atoms with Crippen LogP contribution in [0, 0.1) is 5.92 Å². The molecule has 3 aliphatic heterocycles. The first-order valence-corrected chi connectivity index (χ1v) is 14.3. The molecule has 0 radical (unpaired) electrons. The van der Waals surface area contributed by atoms with Crippen molar-refractivity contribution in [3.8, 4) is 0 Å². The molecule has 37 heavy (non-hydrogen) atoms. The van der Waals surface area contributed by atoms with Crippen molar-refractivity contribution >= 4 is 24.7 Å². The van der Waals surface area contributed by atoms with Gasteiger partial charge in [0.05, 0.1) is 14.8 Å². The summed E-state index contributed by atoms with van der Waals surface area (Å²) >= 11 is 0. The van der Waals surface area contributed by atoms with Crippen LogP contribution in [-0.2, 0) is 23.5 Å². The Bertz CT molecular complexity index is 1150. The van der Waals surface area contributed by atoms with Crippen molar-refractivity contribution in [2.45, 2.75) is 57.2 Å². The van der Waals surface area contributed by atoms with Crippen LogP contribution in [0.25, 0.3) is 0 Å². The number of ether oxygens (including phenoxy) is 4. The first-order chi connectivity index (χ1) is 18.2. The van der Waals surface area contributed by atoms with Crippen LogP contribution in [0.5, 0.6) is 0 Å². The highest BCUT2D eigenvalue weighted by molar-refractivity contribution is 7.68. The minimum Gasteiger partial charge on any atom is -0.449 e. The molecular formula is C30H32NO5P. The van der Waals surface area contributed by atoms with Crippen LogP contribution >= 0.6 is 8.15 Å². The smallest absolute Gasteiger partial charge is 0.227 e. The molecule has 6 rings (SSSR count). The number of aliphatic imine (C=N–C) groups is 1. The Labute approximate surface area is 219 Å². The van der Waals surface area contributed by atoms with Gasteiger partial charge in [-0.2, -0.15) is 0 Å². The first-order valence-electron chi connectivity index (χ1n) is 13.0. The lowest BCUT2D eigenvalue weighted by Crippen LogP contribution is -2.61. The van der Waals surface area contributed by atoms with Crippen molar-refractivity contribution in [1.29, 1.82) is 0 Å². The topological polar surface area (TPSA) is 58.5 Å². The van der Waals surface area contributed by atoms with Crippen LogP contribution in [0.3, 0.4) is 0 Å². The van der Waals surface area contributed by atoms with E-state index < -0.39 is 20.7 Å². The molecule has 2 saturated heterocycles. The number of hydrogen-bond donors (Lipinski definition) is 0. The van der Waals surface area contributed by atoms with E-state index in [1.165, 1.54) is 0 Å². The highest BCUT2D eigenvalue weighted by atomic mass is 31.1. The predicted molar refractivity (Wildman–Crippen MR) is 144 cm³/mol. The maximum atomic E-state index is 7.11. The molecule has 0 bridgehead atoms. The first kappa shape index (κ1) is 24.7. The van der Waals surface area contributed by atoms with Crippen LogP contribution < -0.4 is 10.6 Å². The normalized spacial score (nSPS) is 29.6. The summed E-state index contributed by atoms with van der Waals surface area (Å²) in [5, 5.41) is 2.28. The van der Waals surface area contributed by atoms with Crippen molar-refractivity contribution < 1.29 is 23.5 Å². The summed E-state index contributed by atoms with van der Waals surface area (Å²) in [5.74, 6) is 0.935. The molecule has 0 saturated carbocycles. The number of nitrogens with zero attached hydrogens (tertiary/aromatic N) is 1. The minimum absolute atomic E-state index is 0.205. The van der Waals surface area contributed by atoms with Gasteiger partial charge in [0, 0.05) is 22.1 Å². The fraction of sp³-hybridized carbons (Fsp3) is 0.367. The largest absolute Gasteiger partial charge is 0.449 e. The van der Waals surface area contributed by atoms with Gasteiger partial charge in [-0.1, -0.05) is 105 Å². The Morgan fingerprint density at radius 1 is 0.892 bits per heavy atom. The monoisotopic (exact) mass is 517 g/mol. The molecular weight excluding hydrogens is 485 g/mol. The van der Waals surface area contributed by atoms with Crippen LogP contribution in [0.4, 0.5) is 0 Å². The fourth-order valence-electron chi connectivity index (χ4n) is 4.93. The second kappa shape index (κ2) is 11.0. The molecule has 0 aliphatic carbocycles. The van der Waals surface area contributed by atoms with E-state index in [4.69, 9.17) is 28.5 Å². The quantitative estimate of drug-likeness (QED) is 0.408. The van der Waals surface area contributed by atoms with Crippen LogP contribution in [0.2, 0.25) is 0 Å². The molecule has 2 fully saturated rings. The second-order valence-corrected chi connectivity index (χ2v) is 11.5. The van der Waals surface area contributed by atoms with E-state index in [1.54, 1.807) is 0 Å². The molecule has 0 spiro atoms. The predicted octanol–water partition coefficient (Wildman–Crippen LogP) is 5.10. The molecule has 7 atom stereocenters. The van der Waals surface area contributed by atoms with Gasteiger partial charge in [0.1, 0.15) is 24.4 Å². The third-order valence-corrected chi connectivity index (χ3v) is 9.12. The fourth-order valence-corrected chi connectivity index (χ4v) is 6.84. The summed E-state index contributed by atoms with van der Waals surface area (Å²) < 4.78 is 32.5. The molecule has 192 valence electrons. The molecule has 0 N–H and O–H groups in total. The minimum atomic E-state index is -1.13. The Kier molecular flexibility index (Phi) is 7.36. The van der Waals surface area contributed by atoms with Crippen LogP contribution in [0.15, 0.2) is 96.0 Å². The molecule has 3 heterocycles. The van der Waals surface area contributed by atoms with E-state index in [2.05, 4.69) is 62.4 Å². The number of fused-ring (bicyclic) bond motifs is 2. The molecule has 3 unspecified atom stereocenters. The van der Waals surface area contributed by atoms with Crippen molar-refractivity contribution in [3.05, 3.63) is 96.6 Å². The second-order valence-electron chi connectivity index (χ2n) is 9.64. The molecule has 3 aromatic carbocycles. The van der Waals surface area contributed by atoms with Crippen molar-refractivity contribution in [3.63, 3.8) is 0 Å². The van der Waals surface area contributed by atoms with E-state index in [0.717, 1.165) is 28.5 Å². The summed E-state index contributed by atoms with van der Waals surface area (Å²) in [6.45, 7) is 4.66. The Morgan fingerprint density at radius 2 is 1.51 bits per heavy atom. The van der Waals surface area contributed by atoms with Crippen LogP contribution in [0.1, 0.15) is 32.1 Å². The third-order valence-electron chi connectivity index (χ3n) is 7.13. The SMILES string of the molecule is CCC(C)C1=N[C@H]2C(O1)O[C@@H]1COC(c3ccccc3)O[C@H]1[C@@H]2OP(c1ccccc1)c1ccccc1. The average Bonchev–Trinajstić information content (AvgIpc) is 3.40. The van der Waals surface area contributed by atoms with Crippen LogP contribution in [-0.4, -0.2) is 43.1 Å². The molecule has 0 amide bonds. The summed E-state index contributed by atoms with van der Waals surface area (Å²) in [6, 6.07) is 30.5. The average molecular weight is 518 g/mol. The number of hydrogen-bond acceptors (Lipinski definition) is 6. The highest BCUT2D eigenvalue weighted by Gasteiger charge is 2.55. The lowest BCUT2D eigenvalue weighted by molar-refractivity contribution is -0.326. The number of benzene rings is 3. The zero-order chi connectivity index (χ0) is 25.2. The van der Waals surface area contributed by atoms with Gasteiger partial charge >= 0.3 is 0 Å². The Morgan fingerprint density at radius 3 is 2.14 bits per heavy atom. The molecule has 3 aliphatic rings. The molecule has 0 aromatic heterocycles. The van der Waals surface area contributed by atoms with E-state index in [9.17, 15) is 0 Å². The van der Waals surface area contributed by atoms with E-state index in [0.29, 0.717) is 6.61 Å². The van der Waals surface area contributed by atoms with Gasteiger partial charge in [-0.15, -0.1) is 0 Å². The van der Waals surface area contributed by atoms with Gasteiger partial charge in [-0.3, -0.25) is 0 Å². The zero-order valence-corrected chi connectivity index (χ0v) is 21.9. The van der Waals surface area contributed by atoms with Gasteiger partial charge < -0.3 is 23.5 Å². The van der Waals surface area contributed by atoms with Gasteiger partial charge in [0.25, 0.3) is 0 Å². The standard InChI is InChI=1S/C30H32NO5P/c1-3-20(2)28-31-25-27(36-37(22-15-9-5-10-16-22)23-17-11-6-12-18-23)26-24(33-30(25)35-28)19-32-29(34-26)21-13-7-4-8-14-21/h4-18,20,24-27,29-30H,3,19H2,1-2H3/t20?,24-,25-,26-,27-,29?,30?/m1/s1. The van der Waals surface area contributed by atoms with E-state index in [1.807, 2.05) is 42.5 Å². The Balaban J connectivity index is 1.37. The summed E-state index contributed by atoms with van der Waals surface area (Å²) in [5.41, 5.74) is 0.974. The van der Waals surface area contributed by atoms with Gasteiger partial charge in [-0.25, -0.2) is 4.99 Å². The van der Waals surface area contributed by atoms with Crippen molar-refractivity contribution in [1.82, 2.24) is 0 Å². The van der Waals surface area contributed by atoms with Gasteiger partial charge in [0.15, 0.2) is 12.2 Å². The van der Waals surface area contributed by atoms with Gasteiger partial charge in [-0.05, 0) is 6.42 Å². The molecule has 3 aromatic rings. The Hall–Kier alpha value is -2.60. The number of rotatable bonds is 7. The lowest BCUT2D eigenvalue weighted by atomic mass is 9.96. The van der Waals surface area contributed by atoms with Gasteiger partial charge in [0.2, 0.25) is 6.29 Å². The summed E-state index contributed by atoms with van der Waals surface area (Å²) in [6.07, 6.45) is -1.12. The van der Waals surface area contributed by atoms with E-state index in [-0.39, 0.29) is 30.3 Å². The van der Waals surface area contributed by atoms with Crippen molar-refractivity contribution in [2.24, 2.45) is 10.9 Å². The zero-order valence-electron chi connectivity index (χ0n) is 21.1. The third kappa shape index (κ3) is 5.09. The highest BCUT2D eigenvalue weighted by Crippen LogP contribution is 2.45. The molecule has 6 nitrogen and oxygen atoms in total. The molecule has 7 heteroatoms. The summed E-state index contributed by atoms with van der Waals surface area (Å²) in [7, 11) is -1.13.